The van der Waals surface area contributed by atoms with Gasteiger partial charge in [0.05, 0.1) is 4.83 Å². The Morgan fingerprint density at radius 2 is 2.17 bits per heavy atom. The molecule has 2 amide bonds. The predicted molar refractivity (Wildman–Crippen MR) is 73.4 cm³/mol. The Labute approximate surface area is 117 Å². The van der Waals surface area contributed by atoms with Gasteiger partial charge < -0.3 is 10.2 Å². The van der Waals surface area contributed by atoms with E-state index in [0.29, 0.717) is 18.3 Å². The fourth-order valence-corrected chi connectivity index (χ4v) is 3.06. The SMILES string of the molecule is CC(C)C(Br)C(=O)N1CCC2NC(=O)CCC2C1. The van der Waals surface area contributed by atoms with E-state index >= 15 is 0 Å². The third-order valence-electron chi connectivity index (χ3n) is 3.96. The summed E-state index contributed by atoms with van der Waals surface area (Å²) in [6.45, 7) is 5.64. The van der Waals surface area contributed by atoms with Gasteiger partial charge in [0.25, 0.3) is 0 Å². The molecule has 2 saturated heterocycles. The van der Waals surface area contributed by atoms with Crippen LogP contribution in [-0.2, 0) is 9.59 Å². The Bertz CT molecular complexity index is 346. The highest BCUT2D eigenvalue weighted by Gasteiger charge is 2.36. The molecule has 3 atom stereocenters. The van der Waals surface area contributed by atoms with Gasteiger partial charge in [-0.1, -0.05) is 29.8 Å². The Balaban J connectivity index is 1.95. The fraction of sp³-hybridized carbons (Fsp3) is 0.846. The first-order valence-electron chi connectivity index (χ1n) is 6.71. The first-order chi connectivity index (χ1) is 8.49. The number of hydrogen-bond acceptors (Lipinski definition) is 2. The van der Waals surface area contributed by atoms with Crippen molar-refractivity contribution in [1.29, 1.82) is 0 Å². The number of fused-ring (bicyclic) bond motifs is 1. The van der Waals surface area contributed by atoms with Crippen LogP contribution in [0, 0.1) is 11.8 Å². The van der Waals surface area contributed by atoms with Crippen LogP contribution in [0.3, 0.4) is 0 Å². The van der Waals surface area contributed by atoms with Crippen LogP contribution in [0.15, 0.2) is 0 Å². The zero-order valence-electron chi connectivity index (χ0n) is 11.0. The lowest BCUT2D eigenvalue weighted by molar-refractivity contribution is -0.134. The fourth-order valence-electron chi connectivity index (χ4n) is 2.77. The molecule has 0 saturated carbocycles. The molecule has 0 aliphatic carbocycles. The zero-order valence-corrected chi connectivity index (χ0v) is 12.6. The summed E-state index contributed by atoms with van der Waals surface area (Å²) in [4.78, 5) is 25.5. The summed E-state index contributed by atoms with van der Waals surface area (Å²) >= 11 is 3.48. The lowest BCUT2D eigenvalue weighted by Crippen LogP contribution is -2.56. The molecule has 0 bridgehead atoms. The smallest absolute Gasteiger partial charge is 0.236 e. The monoisotopic (exact) mass is 316 g/mol. The molecule has 18 heavy (non-hydrogen) atoms. The van der Waals surface area contributed by atoms with E-state index < -0.39 is 0 Å². The Morgan fingerprint density at radius 1 is 1.44 bits per heavy atom. The van der Waals surface area contributed by atoms with Gasteiger partial charge in [0.2, 0.25) is 11.8 Å². The molecular weight excluding hydrogens is 296 g/mol. The quantitative estimate of drug-likeness (QED) is 0.785. The number of nitrogens with one attached hydrogen (secondary N) is 1. The molecule has 0 aromatic heterocycles. The van der Waals surface area contributed by atoms with Crippen molar-refractivity contribution in [1.82, 2.24) is 10.2 Å². The van der Waals surface area contributed by atoms with Crippen molar-refractivity contribution in [3.05, 3.63) is 0 Å². The van der Waals surface area contributed by atoms with Gasteiger partial charge in [-0.05, 0) is 24.7 Å². The van der Waals surface area contributed by atoms with Crippen molar-refractivity contribution in [2.24, 2.45) is 11.8 Å². The van der Waals surface area contributed by atoms with E-state index in [9.17, 15) is 9.59 Å². The normalized spacial score (nSPS) is 29.8. The van der Waals surface area contributed by atoms with Crippen LogP contribution in [0.5, 0.6) is 0 Å². The number of likely N-dealkylation sites (tertiary alicyclic amines) is 1. The number of halogens is 1. The lowest BCUT2D eigenvalue weighted by Gasteiger charge is -2.42. The largest absolute Gasteiger partial charge is 0.353 e. The Kier molecular flexibility index (Phi) is 4.30. The summed E-state index contributed by atoms with van der Waals surface area (Å²) in [5.74, 6) is 1.10. The van der Waals surface area contributed by atoms with E-state index in [-0.39, 0.29) is 22.7 Å². The molecule has 3 unspecified atom stereocenters. The van der Waals surface area contributed by atoms with Gasteiger partial charge in [-0.2, -0.15) is 0 Å². The molecule has 0 aromatic carbocycles. The summed E-state index contributed by atoms with van der Waals surface area (Å²) in [6.07, 6.45) is 2.40. The number of hydrogen-bond donors (Lipinski definition) is 1. The van der Waals surface area contributed by atoms with Crippen LogP contribution in [0.25, 0.3) is 0 Å². The minimum absolute atomic E-state index is 0.0905. The first kappa shape index (κ1) is 13.8. The summed E-state index contributed by atoms with van der Waals surface area (Å²) < 4.78 is 0. The number of nitrogens with zero attached hydrogens (tertiary/aromatic N) is 1. The van der Waals surface area contributed by atoms with Gasteiger partial charge in [-0.25, -0.2) is 0 Å². The minimum atomic E-state index is -0.0905. The average molecular weight is 317 g/mol. The van der Waals surface area contributed by atoms with Gasteiger partial charge in [0, 0.05) is 25.6 Å². The second-order valence-electron chi connectivity index (χ2n) is 5.69. The Morgan fingerprint density at radius 3 is 2.83 bits per heavy atom. The van der Waals surface area contributed by atoms with E-state index in [0.717, 1.165) is 25.9 Å². The Hall–Kier alpha value is -0.580. The van der Waals surface area contributed by atoms with Gasteiger partial charge in [0.15, 0.2) is 0 Å². The number of piperidine rings is 2. The third kappa shape index (κ3) is 2.87. The summed E-state index contributed by atoms with van der Waals surface area (Å²) in [6, 6.07) is 0.281. The van der Waals surface area contributed by atoms with Crippen molar-refractivity contribution in [2.45, 2.75) is 44.0 Å². The molecule has 2 aliphatic heterocycles. The van der Waals surface area contributed by atoms with Crippen LogP contribution in [0.2, 0.25) is 0 Å². The van der Waals surface area contributed by atoms with Gasteiger partial charge in [-0.15, -0.1) is 0 Å². The zero-order chi connectivity index (χ0) is 13.3. The molecule has 1 N–H and O–H groups in total. The highest BCUT2D eigenvalue weighted by atomic mass is 79.9. The van der Waals surface area contributed by atoms with E-state index in [4.69, 9.17) is 0 Å². The number of amides is 2. The topological polar surface area (TPSA) is 49.4 Å². The maximum atomic E-state index is 12.3. The molecule has 0 aromatic rings. The molecule has 0 radical (unpaired) electrons. The van der Waals surface area contributed by atoms with Crippen molar-refractivity contribution >= 4 is 27.7 Å². The van der Waals surface area contributed by atoms with E-state index in [1.54, 1.807) is 0 Å². The minimum Gasteiger partial charge on any atom is -0.353 e. The second kappa shape index (κ2) is 5.59. The number of carbonyl (C=O) groups excluding carboxylic acids is 2. The molecular formula is C13H21BrN2O2. The lowest BCUT2D eigenvalue weighted by atomic mass is 9.85. The molecule has 5 heteroatoms. The third-order valence-corrected chi connectivity index (χ3v) is 5.40. The van der Waals surface area contributed by atoms with E-state index in [1.807, 2.05) is 18.7 Å². The maximum absolute atomic E-state index is 12.3. The first-order valence-corrected chi connectivity index (χ1v) is 7.63. The van der Waals surface area contributed by atoms with Gasteiger partial charge in [-0.3, -0.25) is 9.59 Å². The van der Waals surface area contributed by atoms with Crippen LogP contribution in [0.1, 0.15) is 33.1 Å². The molecule has 2 rings (SSSR count). The van der Waals surface area contributed by atoms with Crippen molar-refractivity contribution in [3.8, 4) is 0 Å². The van der Waals surface area contributed by atoms with Crippen LogP contribution in [0.4, 0.5) is 0 Å². The second-order valence-corrected chi connectivity index (χ2v) is 6.68. The van der Waals surface area contributed by atoms with Crippen LogP contribution >= 0.6 is 15.9 Å². The predicted octanol–water partition coefficient (Wildman–Crippen LogP) is 1.53. The number of rotatable bonds is 2. The molecule has 0 spiro atoms. The summed E-state index contributed by atoms with van der Waals surface area (Å²) in [5.41, 5.74) is 0. The highest BCUT2D eigenvalue weighted by Crippen LogP contribution is 2.27. The molecule has 4 nitrogen and oxygen atoms in total. The molecule has 2 aliphatic rings. The molecule has 2 fully saturated rings. The number of alkyl halides is 1. The highest BCUT2D eigenvalue weighted by molar-refractivity contribution is 9.10. The van der Waals surface area contributed by atoms with E-state index in [1.165, 1.54) is 0 Å². The molecule has 2 heterocycles. The average Bonchev–Trinajstić information content (AvgIpc) is 2.36. The summed E-state index contributed by atoms with van der Waals surface area (Å²) in [7, 11) is 0. The standard InChI is InChI=1S/C13H21BrN2O2/c1-8(2)12(14)13(18)16-6-5-10-9(7-16)3-4-11(17)15-10/h8-10,12H,3-7H2,1-2H3,(H,15,17). The summed E-state index contributed by atoms with van der Waals surface area (Å²) in [5, 5.41) is 3.04. The van der Waals surface area contributed by atoms with E-state index in [2.05, 4.69) is 21.2 Å². The van der Waals surface area contributed by atoms with Gasteiger partial charge in [0.1, 0.15) is 0 Å². The van der Waals surface area contributed by atoms with Crippen LogP contribution < -0.4 is 5.32 Å². The van der Waals surface area contributed by atoms with Gasteiger partial charge >= 0.3 is 0 Å². The molecule has 102 valence electrons. The van der Waals surface area contributed by atoms with Crippen molar-refractivity contribution in [2.75, 3.05) is 13.1 Å². The van der Waals surface area contributed by atoms with Crippen LogP contribution in [-0.4, -0.2) is 40.7 Å². The van der Waals surface area contributed by atoms with Crippen molar-refractivity contribution in [3.63, 3.8) is 0 Å². The maximum Gasteiger partial charge on any atom is 0.236 e. The van der Waals surface area contributed by atoms with Crippen molar-refractivity contribution < 1.29 is 9.59 Å². The number of carbonyl (C=O) groups is 2.